The quantitative estimate of drug-likeness (QED) is 0.344. The summed E-state index contributed by atoms with van der Waals surface area (Å²) in [4.78, 5) is 35.2. The van der Waals surface area contributed by atoms with Gasteiger partial charge in [0, 0.05) is 15.3 Å². The summed E-state index contributed by atoms with van der Waals surface area (Å²) < 4.78 is 0. The van der Waals surface area contributed by atoms with Crippen LogP contribution in [0.4, 0.5) is 0 Å². The molecule has 0 spiro atoms. The van der Waals surface area contributed by atoms with E-state index in [9.17, 15) is 14.7 Å². The third-order valence-electron chi connectivity index (χ3n) is 5.29. The van der Waals surface area contributed by atoms with Gasteiger partial charge in [-0.25, -0.2) is 4.98 Å². The molecule has 0 radical (unpaired) electrons. The first-order valence-corrected chi connectivity index (χ1v) is 12.5. The highest BCUT2D eigenvalue weighted by Crippen LogP contribution is 2.43. The standard InChI is InChI=1S/C24H18N2O3S3/c1-14-22(32-23(25-14)15-7-3-2-4-8-15)20(27)18-19(17-10-6-12-31-17)26(24(29)21(18)28)13-16-9-5-11-30-16/h2-12,19,28H,13H2,1H3. The van der Waals surface area contributed by atoms with Crippen molar-refractivity contribution in [3.8, 4) is 10.6 Å². The van der Waals surface area contributed by atoms with Crippen LogP contribution in [-0.4, -0.2) is 26.7 Å². The molecule has 5 rings (SSSR count). The number of amides is 1. The van der Waals surface area contributed by atoms with E-state index in [4.69, 9.17) is 0 Å². The zero-order valence-corrected chi connectivity index (χ0v) is 19.5. The van der Waals surface area contributed by atoms with Crippen molar-refractivity contribution in [3.05, 3.63) is 97.0 Å². The molecule has 4 aromatic rings. The van der Waals surface area contributed by atoms with Gasteiger partial charge in [-0.15, -0.1) is 34.0 Å². The molecule has 8 heteroatoms. The summed E-state index contributed by atoms with van der Waals surface area (Å²) in [6.07, 6.45) is 0. The lowest BCUT2D eigenvalue weighted by atomic mass is 10.0. The molecule has 1 unspecified atom stereocenters. The molecule has 1 aliphatic heterocycles. The summed E-state index contributed by atoms with van der Waals surface area (Å²) in [5, 5.41) is 15.4. The van der Waals surface area contributed by atoms with E-state index >= 15 is 0 Å². The number of aromatic nitrogens is 1. The number of nitrogens with zero attached hydrogens (tertiary/aromatic N) is 2. The number of aliphatic hydroxyl groups excluding tert-OH is 1. The molecule has 3 aromatic heterocycles. The third kappa shape index (κ3) is 3.60. The van der Waals surface area contributed by atoms with Crippen molar-refractivity contribution in [2.75, 3.05) is 0 Å². The minimum atomic E-state index is -0.626. The normalized spacial score (nSPS) is 16.2. The number of carbonyl (C=O) groups is 2. The fraction of sp³-hybridized carbons (Fsp3) is 0.125. The number of aliphatic hydroxyl groups is 1. The fourth-order valence-corrected chi connectivity index (χ4v) is 6.37. The molecule has 1 N–H and O–H groups in total. The van der Waals surface area contributed by atoms with E-state index in [1.54, 1.807) is 11.8 Å². The van der Waals surface area contributed by atoms with Crippen molar-refractivity contribution in [2.24, 2.45) is 0 Å². The maximum Gasteiger partial charge on any atom is 0.290 e. The Morgan fingerprint density at radius 2 is 1.81 bits per heavy atom. The highest BCUT2D eigenvalue weighted by atomic mass is 32.1. The number of hydrogen-bond donors (Lipinski definition) is 1. The summed E-state index contributed by atoms with van der Waals surface area (Å²) in [5.41, 5.74) is 1.64. The Balaban J connectivity index is 1.56. The highest BCUT2D eigenvalue weighted by Gasteiger charge is 2.45. The average Bonchev–Trinajstić information content (AvgIpc) is 3.60. The van der Waals surface area contributed by atoms with E-state index in [1.807, 2.05) is 65.4 Å². The van der Waals surface area contributed by atoms with Crippen molar-refractivity contribution < 1.29 is 14.7 Å². The second kappa shape index (κ2) is 8.46. The van der Waals surface area contributed by atoms with E-state index in [-0.39, 0.29) is 11.4 Å². The van der Waals surface area contributed by atoms with Crippen LogP contribution in [0.1, 0.15) is 31.2 Å². The van der Waals surface area contributed by atoms with Crippen LogP contribution in [0.5, 0.6) is 0 Å². The molecule has 0 aliphatic carbocycles. The first-order valence-electron chi connectivity index (χ1n) is 9.92. The van der Waals surface area contributed by atoms with Crippen LogP contribution in [0.25, 0.3) is 10.6 Å². The fourth-order valence-electron chi connectivity index (χ4n) is 3.80. The number of aryl methyl sites for hydroxylation is 1. The number of hydrogen-bond acceptors (Lipinski definition) is 7. The number of Topliss-reactive ketones (excluding diaryl/α,β-unsaturated/α-hetero) is 1. The molecule has 1 aromatic carbocycles. The van der Waals surface area contributed by atoms with Gasteiger partial charge in [-0.1, -0.05) is 42.5 Å². The zero-order chi connectivity index (χ0) is 22.2. The zero-order valence-electron chi connectivity index (χ0n) is 17.0. The summed E-state index contributed by atoms with van der Waals surface area (Å²) in [6, 6.07) is 16.7. The van der Waals surface area contributed by atoms with Crippen molar-refractivity contribution in [3.63, 3.8) is 0 Å². The molecule has 1 amide bonds. The third-order valence-corrected chi connectivity index (χ3v) is 8.28. The van der Waals surface area contributed by atoms with Crippen LogP contribution in [0.2, 0.25) is 0 Å². The second-order valence-electron chi connectivity index (χ2n) is 7.32. The summed E-state index contributed by atoms with van der Waals surface area (Å²) >= 11 is 4.29. The van der Waals surface area contributed by atoms with Gasteiger partial charge in [0.25, 0.3) is 5.91 Å². The van der Waals surface area contributed by atoms with Gasteiger partial charge < -0.3 is 10.0 Å². The SMILES string of the molecule is Cc1nc(-c2ccccc2)sc1C(=O)C1=C(O)C(=O)N(Cc2cccs2)C1c1cccs1. The lowest BCUT2D eigenvalue weighted by molar-refractivity contribution is -0.129. The number of rotatable bonds is 6. The molecule has 5 nitrogen and oxygen atoms in total. The maximum absolute atomic E-state index is 13.7. The van der Waals surface area contributed by atoms with Crippen molar-refractivity contribution >= 4 is 45.7 Å². The van der Waals surface area contributed by atoms with Gasteiger partial charge in [-0.05, 0) is 29.8 Å². The van der Waals surface area contributed by atoms with Gasteiger partial charge in [0.15, 0.2) is 5.76 Å². The Morgan fingerprint density at radius 3 is 2.50 bits per heavy atom. The Morgan fingerprint density at radius 1 is 1.06 bits per heavy atom. The van der Waals surface area contributed by atoms with Gasteiger partial charge in [0.2, 0.25) is 5.78 Å². The minimum Gasteiger partial charge on any atom is -0.503 e. The first kappa shape index (κ1) is 20.8. The predicted molar refractivity (Wildman–Crippen MR) is 128 cm³/mol. The summed E-state index contributed by atoms with van der Waals surface area (Å²) in [6.45, 7) is 2.12. The van der Waals surface area contributed by atoms with Gasteiger partial charge in [0.1, 0.15) is 11.0 Å². The van der Waals surface area contributed by atoms with E-state index in [1.165, 1.54) is 34.0 Å². The summed E-state index contributed by atoms with van der Waals surface area (Å²) in [7, 11) is 0. The van der Waals surface area contributed by atoms with Crippen LogP contribution in [-0.2, 0) is 11.3 Å². The Labute approximate surface area is 196 Å². The lowest BCUT2D eigenvalue weighted by Gasteiger charge is -2.25. The van der Waals surface area contributed by atoms with Crippen LogP contribution in [0.3, 0.4) is 0 Å². The second-order valence-corrected chi connectivity index (χ2v) is 10.3. The molecule has 0 saturated carbocycles. The Kier molecular flexibility index (Phi) is 5.50. The van der Waals surface area contributed by atoms with Crippen molar-refractivity contribution in [1.29, 1.82) is 0 Å². The molecule has 4 heterocycles. The van der Waals surface area contributed by atoms with Crippen LogP contribution in [0, 0.1) is 6.92 Å². The molecular weight excluding hydrogens is 460 g/mol. The number of carbonyl (C=O) groups excluding carboxylic acids is 2. The van der Waals surface area contributed by atoms with Gasteiger partial charge in [-0.3, -0.25) is 9.59 Å². The predicted octanol–water partition coefficient (Wildman–Crippen LogP) is 6.02. The van der Waals surface area contributed by atoms with Gasteiger partial charge in [-0.2, -0.15) is 0 Å². The molecule has 32 heavy (non-hydrogen) atoms. The highest BCUT2D eigenvalue weighted by molar-refractivity contribution is 7.17. The van der Waals surface area contributed by atoms with E-state index in [2.05, 4.69) is 4.98 Å². The topological polar surface area (TPSA) is 70.5 Å². The number of thiazole rings is 1. The maximum atomic E-state index is 13.7. The first-order chi connectivity index (χ1) is 15.5. The molecule has 1 aliphatic rings. The van der Waals surface area contributed by atoms with E-state index < -0.39 is 17.7 Å². The van der Waals surface area contributed by atoms with Gasteiger partial charge >= 0.3 is 0 Å². The number of ketones is 1. The average molecular weight is 479 g/mol. The molecule has 1 atom stereocenters. The Bertz CT molecular complexity index is 1310. The smallest absolute Gasteiger partial charge is 0.290 e. The largest absolute Gasteiger partial charge is 0.503 e. The van der Waals surface area contributed by atoms with Gasteiger partial charge in [0.05, 0.1) is 22.7 Å². The van der Waals surface area contributed by atoms with Crippen LogP contribution < -0.4 is 0 Å². The molecular formula is C24H18N2O3S3. The number of benzene rings is 1. The Hall–Kier alpha value is -3.07. The van der Waals surface area contributed by atoms with Crippen LogP contribution in [0.15, 0.2) is 76.7 Å². The number of thiophene rings is 2. The van der Waals surface area contributed by atoms with E-state index in [0.29, 0.717) is 17.1 Å². The summed E-state index contributed by atoms with van der Waals surface area (Å²) in [5.74, 6) is -1.34. The van der Waals surface area contributed by atoms with E-state index in [0.717, 1.165) is 20.3 Å². The molecule has 0 saturated heterocycles. The molecule has 0 bridgehead atoms. The molecule has 0 fully saturated rings. The van der Waals surface area contributed by atoms with Crippen molar-refractivity contribution in [2.45, 2.75) is 19.5 Å². The van der Waals surface area contributed by atoms with Crippen LogP contribution >= 0.6 is 34.0 Å². The monoisotopic (exact) mass is 478 g/mol. The van der Waals surface area contributed by atoms with Crippen molar-refractivity contribution in [1.82, 2.24) is 9.88 Å². The minimum absolute atomic E-state index is 0.125. The molecule has 160 valence electrons. The lowest BCUT2D eigenvalue weighted by Crippen LogP contribution is -2.30.